The average Bonchev–Trinajstić information content (AvgIpc) is 0.654. The minimum Gasteiger partial charge on any atom is -0.315 e. The maximum atomic E-state index is 12.4. The molecule has 8 unspecified atom stereocenters. The largest absolute Gasteiger partial charge is 0.315 e. The summed E-state index contributed by atoms with van der Waals surface area (Å²) in [5.41, 5.74) is 31.7. The predicted octanol–water partition coefficient (Wildman–Crippen LogP) is 19.3. The normalized spacial score (nSPS) is 35.2. The van der Waals surface area contributed by atoms with Crippen LogP contribution in [0.25, 0.3) is 0 Å². The van der Waals surface area contributed by atoms with E-state index in [1.807, 2.05) is 0 Å². The minimum atomic E-state index is -2.94. The monoisotopic (exact) mass is 1800 g/mol. The summed E-state index contributed by atoms with van der Waals surface area (Å²) in [6.45, 7) is 0. The Labute approximate surface area is 789 Å². The van der Waals surface area contributed by atoms with Crippen molar-refractivity contribution in [3.8, 4) is 0 Å². The van der Waals surface area contributed by atoms with Crippen molar-refractivity contribution in [3.05, 3.63) is 376 Å². The molecule has 24 heteroatoms. The third kappa shape index (κ3) is 22.3. The Balaban J connectivity index is 0.000000196. The summed E-state index contributed by atoms with van der Waals surface area (Å²) in [5, 5.41) is 0.640. The van der Waals surface area contributed by atoms with Crippen LogP contribution in [0.4, 0.5) is 0 Å². The van der Waals surface area contributed by atoms with E-state index < -0.39 is 215 Å². The van der Waals surface area contributed by atoms with Gasteiger partial charge in [0.05, 0.1) is 17.8 Å². The molecule has 0 saturated carbocycles. The van der Waals surface area contributed by atoms with Gasteiger partial charge in [-0.15, -0.1) is 0 Å². The lowest BCUT2D eigenvalue weighted by Crippen LogP contribution is -2.45. The van der Waals surface area contributed by atoms with Gasteiger partial charge in [0.25, 0.3) is 0 Å². The fourth-order valence-electron chi connectivity index (χ4n) is 11.7. The van der Waals surface area contributed by atoms with E-state index in [1.165, 1.54) is 97.1 Å². The number of halogens is 8. The Kier molecular flexibility index (Phi) is 20.2. The molecular weight excluding hydrogens is 1680 g/mol. The van der Waals surface area contributed by atoms with Crippen LogP contribution in [0.1, 0.15) is 195 Å². The summed E-state index contributed by atoms with van der Waals surface area (Å²) in [6.07, 6.45) is -21.0. The zero-order chi connectivity index (χ0) is 118. The van der Waals surface area contributed by atoms with Gasteiger partial charge in [0.1, 0.15) is 44.3 Å². The van der Waals surface area contributed by atoms with E-state index in [1.54, 1.807) is 84.9 Å². The van der Waals surface area contributed by atoms with Crippen molar-refractivity contribution >= 4 is 139 Å². The van der Waals surface area contributed by atoms with Crippen LogP contribution in [-0.4, -0.2) is 46.3 Å². The first-order valence-electron chi connectivity index (χ1n) is 52.9. The molecule has 624 valence electrons. The topological polar surface area (TPSA) is 345 Å². The molecule has 0 spiro atoms. The number of allylic oxidation sites excluding steroid dienone is 8. The van der Waals surface area contributed by atoms with Crippen molar-refractivity contribution in [2.24, 2.45) is 45.9 Å². The summed E-state index contributed by atoms with van der Waals surface area (Å²) in [4.78, 5) is 97.5. The highest BCUT2D eigenvalue weighted by molar-refractivity contribution is 6.35. The number of rotatable bonds is 8. The molecule has 8 aromatic carbocycles. The summed E-state index contributed by atoms with van der Waals surface area (Å²) in [7, 11) is 0. The maximum absolute atomic E-state index is 12.4. The number of carbonyl (C=O) groups excluding carboxylic acids is 8. The SMILES string of the molecule is [2H]C1([2H])C=CC(=O)C(N)(c2ccccc2Cl)C1([2H])[2H].[2H]C1=C([2H])C(=O)C(N)(c2ccccc2Cl)C([2H])([2H])C1.[2H]C1=C([2H])C([2H])([2H])C([2H])([2H])C(N)(c2ccccc2Cl)C1=O.[2H]C1=CC(=O)C(N)(c2ccccc2Cl)C([2H])([2H])C1.[2H]C1=CC(=O)C(N)(c2ccccc2Cl)C([2H])([2H])C1([2H])[2H].[2H]C1=CC([2H])([2H])C([2H])([2H])C(N)(c2ccccc2Cl)C1=O.[2H]C1=CCC([2H])([2H])C(N)(c2ccccc2Cl)C1=O.[2H]C1=CCCC(N)(c2c([2H])c([2H])c([2H])c([2H])c2Cl)C1=O. The van der Waals surface area contributed by atoms with Gasteiger partial charge in [-0.05, 0) is 244 Å². The first kappa shape index (κ1) is 56.7. The number of ketones is 8. The second kappa shape index (κ2) is 42.7. The lowest BCUT2D eigenvalue weighted by atomic mass is 9.79. The molecule has 16 rings (SSSR count). The molecule has 0 aliphatic heterocycles. The molecule has 8 aliphatic carbocycles. The van der Waals surface area contributed by atoms with Gasteiger partial charge in [-0.1, -0.05) is 287 Å². The van der Waals surface area contributed by atoms with Crippen molar-refractivity contribution in [1.82, 2.24) is 0 Å². The first-order valence-corrected chi connectivity index (χ1v) is 38.4. The van der Waals surface area contributed by atoms with E-state index in [2.05, 4.69) is 0 Å². The maximum Gasteiger partial charge on any atom is 0.179 e. The minimum absolute atomic E-state index is 0.00397. The lowest BCUT2D eigenvalue weighted by Gasteiger charge is -2.30. The van der Waals surface area contributed by atoms with E-state index >= 15 is 0 Å². The summed E-state index contributed by atoms with van der Waals surface area (Å²) >= 11 is 47.9. The highest BCUT2D eigenvalue weighted by Gasteiger charge is 2.44. The molecule has 8 aliphatic rings. The van der Waals surface area contributed by atoms with Gasteiger partial charge in [-0.2, -0.15) is 0 Å². The third-order valence-corrected chi connectivity index (χ3v) is 20.9. The van der Waals surface area contributed by atoms with Gasteiger partial charge in [-0.3, -0.25) is 38.4 Å². The van der Waals surface area contributed by atoms with E-state index in [-0.39, 0.29) is 135 Å². The molecule has 0 saturated heterocycles. The van der Waals surface area contributed by atoms with Crippen molar-refractivity contribution in [2.45, 2.75) is 147 Å². The molecule has 0 aromatic heterocycles. The van der Waals surface area contributed by atoms with Crippen LogP contribution in [0.3, 0.4) is 0 Å². The molecule has 0 bridgehead atoms. The Morgan fingerprint density at radius 1 is 0.242 bits per heavy atom. The highest BCUT2D eigenvalue weighted by atomic mass is 35.5. The zero-order valence-corrected chi connectivity index (χ0v) is 68.7. The molecule has 0 amide bonds. The van der Waals surface area contributed by atoms with E-state index in [4.69, 9.17) is 187 Å². The lowest BCUT2D eigenvalue weighted by molar-refractivity contribution is -0.121. The standard InChI is InChI=1S/8C12H12ClNO/c8*13-10-6-2-1-5-9(10)12(14)8-4-3-7-11(12)15/h8*1-3,5-7H,4,8,14H2/i1D,2D,5D,6D,7D;3D,4D2,7D,8D2;4D2,7D,8D2;3D,7D,8D2;3D,4D2,8D2;7D,8D2;4D2,8D2;3D,8D2. The van der Waals surface area contributed by atoms with E-state index in [0.29, 0.717) is 12.5 Å². The van der Waals surface area contributed by atoms with Gasteiger partial charge >= 0.3 is 0 Å². The molecule has 0 fully saturated rings. The van der Waals surface area contributed by atoms with Gasteiger partial charge < -0.3 is 45.9 Å². The Hall–Kier alpha value is -8.96. The second-order valence-electron chi connectivity index (χ2n) is 26.1. The Bertz CT molecular complexity index is 7270. The summed E-state index contributed by atoms with van der Waals surface area (Å²) < 4.78 is 273. The first-order chi connectivity index (χ1) is 70.8. The molecule has 120 heavy (non-hydrogen) atoms. The Morgan fingerprint density at radius 2 is 0.517 bits per heavy atom. The second-order valence-corrected chi connectivity index (χ2v) is 29.3. The van der Waals surface area contributed by atoms with Gasteiger partial charge in [-0.25, -0.2) is 0 Å². The summed E-state index contributed by atoms with van der Waals surface area (Å²) in [6, 6.07) is 36.1. The number of carbonyl (C=O) groups is 8. The smallest absolute Gasteiger partial charge is 0.179 e. The summed E-state index contributed by atoms with van der Waals surface area (Å²) in [5.74, 6) is -6.72. The van der Waals surface area contributed by atoms with Crippen molar-refractivity contribution in [2.75, 3.05) is 0 Å². The number of nitrogens with two attached hydrogens (primary N) is 8. The van der Waals surface area contributed by atoms with Crippen LogP contribution >= 0.6 is 92.8 Å². The Morgan fingerprint density at radius 3 is 0.925 bits per heavy atom. The van der Waals surface area contributed by atoms with Crippen molar-refractivity contribution < 1.29 is 86.3 Å². The molecular formula is C96H96Cl8N8O8. The average molecular weight is 1810 g/mol. The fraction of sp³-hybridized carbons (Fsp3) is 0.250. The number of benzene rings is 8. The van der Waals surface area contributed by atoms with E-state index in [0.717, 1.165) is 24.3 Å². The fourth-order valence-corrected chi connectivity index (χ4v) is 14.0. The van der Waals surface area contributed by atoms with Crippen LogP contribution < -0.4 is 45.9 Å². The van der Waals surface area contributed by atoms with Crippen LogP contribution in [0.15, 0.2) is 291 Å². The molecule has 0 radical (unpaired) electrons. The van der Waals surface area contributed by atoms with Crippen LogP contribution in [0.5, 0.6) is 0 Å². The van der Waals surface area contributed by atoms with Crippen LogP contribution in [0.2, 0.25) is 40.2 Å². The molecule has 0 heterocycles. The molecule has 8 atom stereocenters. The third-order valence-electron chi connectivity index (χ3n) is 18.3. The van der Waals surface area contributed by atoms with Gasteiger partial charge in [0.2, 0.25) is 0 Å². The van der Waals surface area contributed by atoms with E-state index in [9.17, 15) is 38.4 Å². The molecule has 8 aromatic rings. The zero-order valence-electron chi connectivity index (χ0n) is 97.7. The predicted molar refractivity (Wildman–Crippen MR) is 486 cm³/mol. The number of hydrogen-bond donors (Lipinski definition) is 8. The van der Waals surface area contributed by atoms with Crippen molar-refractivity contribution in [3.63, 3.8) is 0 Å². The molecule has 16 N–H and O–H groups in total. The highest BCUT2D eigenvalue weighted by Crippen LogP contribution is 2.41. The quantitative estimate of drug-likeness (QED) is 0.0701. The molecule has 16 nitrogen and oxygen atoms in total. The van der Waals surface area contributed by atoms with Crippen molar-refractivity contribution in [1.29, 1.82) is 0 Å². The van der Waals surface area contributed by atoms with Crippen LogP contribution in [0, 0.1) is 0 Å². The van der Waals surface area contributed by atoms with Crippen LogP contribution in [-0.2, 0) is 82.7 Å². The number of hydrogen-bond acceptors (Lipinski definition) is 16. The van der Waals surface area contributed by atoms with Gasteiger partial charge in [0.15, 0.2) is 46.3 Å². The van der Waals surface area contributed by atoms with Gasteiger partial charge in [0, 0.05) is 70.3 Å².